The number of nitriles is 1. The van der Waals surface area contributed by atoms with Crippen molar-refractivity contribution in [1.82, 2.24) is 5.32 Å². The fraction of sp³-hybridized carbons (Fsp3) is 0.556. The number of rotatable bonds is 1. The lowest BCUT2D eigenvalue weighted by molar-refractivity contribution is -0.118. The Morgan fingerprint density at radius 2 is 2.46 bits per heavy atom. The van der Waals surface area contributed by atoms with Crippen molar-refractivity contribution in [1.29, 1.82) is 5.26 Å². The van der Waals surface area contributed by atoms with E-state index < -0.39 is 0 Å². The number of carbonyl (C=O) groups excluding carboxylic acids is 1. The van der Waals surface area contributed by atoms with Crippen LogP contribution in [0, 0.1) is 11.3 Å². The summed E-state index contributed by atoms with van der Waals surface area (Å²) in [5.74, 6) is 1.59. The molecule has 1 aliphatic rings. The highest BCUT2D eigenvalue weighted by atomic mass is 32.2. The first kappa shape index (κ1) is 10.1. The van der Waals surface area contributed by atoms with Crippen molar-refractivity contribution in [3.8, 4) is 6.07 Å². The van der Waals surface area contributed by atoms with E-state index in [-0.39, 0.29) is 11.8 Å². The first-order valence-electron chi connectivity index (χ1n) is 4.09. The SMILES string of the molecule is CC(=O)[C@@H]1CSCC(C#N)=C(C)N1. The molecule has 0 saturated heterocycles. The maximum atomic E-state index is 11.1. The molecular formula is C9H12N2OS. The molecule has 1 heterocycles. The number of hydrogen-bond acceptors (Lipinski definition) is 4. The number of thioether (sulfide) groups is 1. The topological polar surface area (TPSA) is 52.9 Å². The van der Waals surface area contributed by atoms with Crippen molar-refractivity contribution in [2.45, 2.75) is 19.9 Å². The van der Waals surface area contributed by atoms with Crippen molar-refractivity contribution in [2.24, 2.45) is 0 Å². The Kier molecular flexibility index (Phi) is 3.38. The molecule has 1 N–H and O–H groups in total. The minimum atomic E-state index is -0.129. The summed E-state index contributed by atoms with van der Waals surface area (Å²) in [6.45, 7) is 3.42. The first-order chi connectivity index (χ1) is 6.15. The van der Waals surface area contributed by atoms with Crippen molar-refractivity contribution in [2.75, 3.05) is 11.5 Å². The van der Waals surface area contributed by atoms with Crippen LogP contribution in [0.4, 0.5) is 0 Å². The molecular weight excluding hydrogens is 184 g/mol. The van der Waals surface area contributed by atoms with E-state index in [1.54, 1.807) is 18.7 Å². The van der Waals surface area contributed by atoms with Crippen molar-refractivity contribution >= 4 is 17.5 Å². The third-order valence-corrected chi connectivity index (χ3v) is 3.06. The fourth-order valence-corrected chi connectivity index (χ4v) is 2.27. The van der Waals surface area contributed by atoms with Crippen molar-refractivity contribution < 1.29 is 4.79 Å². The highest BCUT2D eigenvalue weighted by Gasteiger charge is 2.18. The Hall–Kier alpha value is -0.950. The molecule has 0 radical (unpaired) electrons. The first-order valence-corrected chi connectivity index (χ1v) is 5.25. The summed E-state index contributed by atoms with van der Waals surface area (Å²) < 4.78 is 0. The third kappa shape index (κ3) is 2.49. The molecule has 13 heavy (non-hydrogen) atoms. The molecule has 1 rings (SSSR count). The zero-order valence-electron chi connectivity index (χ0n) is 7.76. The maximum absolute atomic E-state index is 11.1. The van der Waals surface area contributed by atoms with Gasteiger partial charge in [0.05, 0.1) is 17.7 Å². The average molecular weight is 196 g/mol. The molecule has 0 unspecified atom stereocenters. The molecule has 0 aromatic rings. The quantitative estimate of drug-likeness (QED) is 0.681. The highest BCUT2D eigenvalue weighted by molar-refractivity contribution is 7.99. The lowest BCUT2D eigenvalue weighted by Crippen LogP contribution is -2.35. The zero-order valence-corrected chi connectivity index (χ0v) is 8.57. The Bertz CT molecular complexity index is 290. The van der Waals surface area contributed by atoms with Gasteiger partial charge < -0.3 is 5.32 Å². The van der Waals surface area contributed by atoms with Crippen LogP contribution in [0.1, 0.15) is 13.8 Å². The van der Waals surface area contributed by atoms with Crippen LogP contribution >= 0.6 is 11.8 Å². The number of ketones is 1. The Balaban J connectivity index is 2.79. The molecule has 1 aliphatic heterocycles. The summed E-state index contributed by atoms with van der Waals surface area (Å²) in [6.07, 6.45) is 0. The largest absolute Gasteiger partial charge is 0.377 e. The number of nitrogens with one attached hydrogen (secondary N) is 1. The Morgan fingerprint density at radius 3 is 3.00 bits per heavy atom. The molecule has 0 aromatic heterocycles. The number of hydrogen-bond donors (Lipinski definition) is 1. The van der Waals surface area contributed by atoms with Gasteiger partial charge in [0, 0.05) is 17.2 Å². The van der Waals surface area contributed by atoms with E-state index in [0.29, 0.717) is 5.75 Å². The van der Waals surface area contributed by atoms with Crippen LogP contribution in [0.3, 0.4) is 0 Å². The van der Waals surface area contributed by atoms with Crippen LogP contribution in [-0.2, 0) is 4.79 Å². The summed E-state index contributed by atoms with van der Waals surface area (Å²) in [6, 6.07) is 2.01. The van der Waals surface area contributed by atoms with E-state index in [9.17, 15) is 4.79 Å². The summed E-state index contributed by atoms with van der Waals surface area (Å²) in [5.41, 5.74) is 1.58. The molecule has 0 amide bonds. The lowest BCUT2D eigenvalue weighted by atomic mass is 10.2. The van der Waals surface area contributed by atoms with Crippen LogP contribution in [0.15, 0.2) is 11.3 Å². The Labute approximate surface area is 82.2 Å². The lowest BCUT2D eigenvalue weighted by Gasteiger charge is -2.13. The minimum absolute atomic E-state index is 0.129. The van der Waals surface area contributed by atoms with Gasteiger partial charge in [-0.25, -0.2) is 0 Å². The molecule has 0 bridgehead atoms. The number of nitrogens with zero attached hydrogens (tertiary/aromatic N) is 1. The van der Waals surface area contributed by atoms with E-state index in [4.69, 9.17) is 5.26 Å². The fourth-order valence-electron chi connectivity index (χ4n) is 1.11. The average Bonchev–Trinajstić information content (AvgIpc) is 2.26. The normalized spacial score (nSPS) is 23.0. The van der Waals surface area contributed by atoms with E-state index in [0.717, 1.165) is 17.0 Å². The van der Waals surface area contributed by atoms with Gasteiger partial charge in [-0.3, -0.25) is 4.79 Å². The van der Waals surface area contributed by atoms with Crippen LogP contribution < -0.4 is 5.32 Å². The van der Waals surface area contributed by atoms with E-state index >= 15 is 0 Å². The monoisotopic (exact) mass is 196 g/mol. The maximum Gasteiger partial charge on any atom is 0.152 e. The van der Waals surface area contributed by atoms with Gasteiger partial charge >= 0.3 is 0 Å². The van der Waals surface area contributed by atoms with E-state index in [2.05, 4.69) is 11.4 Å². The van der Waals surface area contributed by atoms with Gasteiger partial charge in [0.1, 0.15) is 0 Å². The van der Waals surface area contributed by atoms with Crippen molar-refractivity contribution in [3.05, 3.63) is 11.3 Å². The molecule has 0 fully saturated rings. The molecule has 4 heteroatoms. The second kappa shape index (κ2) is 4.33. The van der Waals surface area contributed by atoms with E-state index in [1.807, 2.05) is 6.92 Å². The summed E-state index contributed by atoms with van der Waals surface area (Å²) in [5, 5.41) is 11.8. The van der Waals surface area contributed by atoms with Gasteiger partial charge in [-0.05, 0) is 13.8 Å². The highest BCUT2D eigenvalue weighted by Crippen LogP contribution is 2.16. The summed E-state index contributed by atoms with van der Waals surface area (Å²) in [7, 11) is 0. The molecule has 70 valence electrons. The van der Waals surface area contributed by atoms with Gasteiger partial charge in [0.2, 0.25) is 0 Å². The Morgan fingerprint density at radius 1 is 1.77 bits per heavy atom. The molecule has 0 spiro atoms. The van der Waals surface area contributed by atoms with Crippen LogP contribution in [0.25, 0.3) is 0 Å². The third-order valence-electron chi connectivity index (χ3n) is 2.00. The molecule has 3 nitrogen and oxygen atoms in total. The summed E-state index contributed by atoms with van der Waals surface area (Å²) >= 11 is 1.62. The zero-order chi connectivity index (χ0) is 9.84. The number of Topliss-reactive ketones (excluding diaryl/α,β-unsaturated/α-hetero) is 1. The van der Waals surface area contributed by atoms with Crippen molar-refractivity contribution in [3.63, 3.8) is 0 Å². The second-order valence-electron chi connectivity index (χ2n) is 3.04. The predicted molar refractivity (Wildman–Crippen MR) is 53.2 cm³/mol. The number of allylic oxidation sites excluding steroid dienone is 1. The number of carbonyl (C=O) groups is 1. The van der Waals surface area contributed by atoms with E-state index in [1.165, 1.54) is 0 Å². The molecule has 0 aromatic carbocycles. The van der Waals surface area contributed by atoms with Gasteiger partial charge in [0.15, 0.2) is 5.78 Å². The van der Waals surface area contributed by atoms with Gasteiger partial charge in [-0.15, -0.1) is 0 Å². The predicted octanol–water partition coefficient (Wildman–Crippen LogP) is 1.08. The van der Waals surface area contributed by atoms with Crippen LogP contribution in [0.2, 0.25) is 0 Å². The molecule has 1 atom stereocenters. The van der Waals surface area contributed by atoms with Gasteiger partial charge in [-0.2, -0.15) is 17.0 Å². The standard InChI is InChI=1S/C9H12N2OS/c1-6-8(3-10)4-13-5-9(11-6)7(2)12/h9,11H,4-5H2,1-2H3/t9-/m0/s1. The van der Waals surface area contributed by atoms with Crippen LogP contribution in [0.5, 0.6) is 0 Å². The van der Waals surface area contributed by atoms with Gasteiger partial charge in [-0.1, -0.05) is 0 Å². The summed E-state index contributed by atoms with van der Waals surface area (Å²) in [4.78, 5) is 11.1. The molecule has 0 saturated carbocycles. The second-order valence-corrected chi connectivity index (χ2v) is 4.07. The smallest absolute Gasteiger partial charge is 0.152 e. The van der Waals surface area contributed by atoms with Crippen LogP contribution in [-0.4, -0.2) is 23.3 Å². The minimum Gasteiger partial charge on any atom is -0.377 e. The van der Waals surface area contributed by atoms with Gasteiger partial charge in [0.25, 0.3) is 0 Å². The molecule has 0 aliphatic carbocycles.